The molecular formula is C13H25NO3S. The number of carbonyl (C=O) groups is 1. The highest BCUT2D eigenvalue weighted by atomic mass is 32.2. The first kappa shape index (κ1) is 15.8. The number of rotatable bonds is 11. The zero-order chi connectivity index (χ0) is 13.4. The standard InChI is InChI=1S/C13H25NO3S/c1-3-13(12(15)16,14-11-5-6-11)7-4-9-18-10-8-17-2/h11,14H,3-10H2,1-2H3,(H,15,16). The maximum Gasteiger partial charge on any atom is 0.323 e. The molecule has 1 saturated carbocycles. The smallest absolute Gasteiger partial charge is 0.323 e. The molecule has 0 bridgehead atoms. The number of carboxylic acid groups (broad SMARTS) is 1. The number of methoxy groups -OCH3 is 1. The lowest BCUT2D eigenvalue weighted by Gasteiger charge is -2.29. The highest BCUT2D eigenvalue weighted by molar-refractivity contribution is 7.99. The van der Waals surface area contributed by atoms with E-state index in [9.17, 15) is 9.90 Å². The Morgan fingerprint density at radius 1 is 1.50 bits per heavy atom. The third-order valence-corrected chi connectivity index (χ3v) is 4.43. The molecule has 0 amide bonds. The maximum atomic E-state index is 11.5. The van der Waals surface area contributed by atoms with E-state index < -0.39 is 11.5 Å². The Hall–Kier alpha value is -0.260. The molecular weight excluding hydrogens is 250 g/mol. The van der Waals surface area contributed by atoms with Gasteiger partial charge in [0.1, 0.15) is 5.54 Å². The van der Waals surface area contributed by atoms with Crippen LogP contribution in [0.25, 0.3) is 0 Å². The minimum absolute atomic E-state index is 0.433. The minimum Gasteiger partial charge on any atom is -0.480 e. The highest BCUT2D eigenvalue weighted by Gasteiger charge is 2.40. The summed E-state index contributed by atoms with van der Waals surface area (Å²) < 4.78 is 4.98. The van der Waals surface area contributed by atoms with Crippen molar-refractivity contribution in [2.24, 2.45) is 0 Å². The quantitative estimate of drug-likeness (QED) is 0.566. The van der Waals surface area contributed by atoms with Crippen LogP contribution in [0.15, 0.2) is 0 Å². The Kier molecular flexibility index (Phi) is 7.04. The van der Waals surface area contributed by atoms with E-state index in [1.54, 1.807) is 7.11 Å². The lowest BCUT2D eigenvalue weighted by molar-refractivity contribution is -0.145. The van der Waals surface area contributed by atoms with E-state index >= 15 is 0 Å². The molecule has 0 aromatic carbocycles. The van der Waals surface area contributed by atoms with E-state index in [4.69, 9.17) is 4.74 Å². The SMILES string of the molecule is CCC(CCCSCCOC)(NC1CC1)C(=O)O. The van der Waals surface area contributed by atoms with Gasteiger partial charge in [-0.3, -0.25) is 10.1 Å². The van der Waals surface area contributed by atoms with E-state index in [1.807, 2.05) is 18.7 Å². The molecule has 1 atom stereocenters. The molecule has 106 valence electrons. The zero-order valence-corrected chi connectivity index (χ0v) is 12.2. The monoisotopic (exact) mass is 275 g/mol. The predicted molar refractivity (Wildman–Crippen MR) is 75.3 cm³/mol. The predicted octanol–water partition coefficient (Wildman–Crippen LogP) is 2.13. The first-order chi connectivity index (χ1) is 8.64. The molecule has 0 aromatic heterocycles. The molecule has 2 N–H and O–H groups in total. The molecule has 1 fully saturated rings. The molecule has 18 heavy (non-hydrogen) atoms. The van der Waals surface area contributed by atoms with Gasteiger partial charge in [-0.15, -0.1) is 0 Å². The third-order valence-electron chi connectivity index (χ3n) is 3.39. The van der Waals surface area contributed by atoms with Crippen molar-refractivity contribution >= 4 is 17.7 Å². The fourth-order valence-corrected chi connectivity index (χ4v) is 2.85. The first-order valence-corrected chi connectivity index (χ1v) is 7.88. The second-order valence-corrected chi connectivity index (χ2v) is 6.09. The van der Waals surface area contributed by atoms with Gasteiger partial charge in [0, 0.05) is 18.9 Å². The summed E-state index contributed by atoms with van der Waals surface area (Å²) in [6.07, 6.45) is 4.56. The van der Waals surface area contributed by atoms with Crippen molar-refractivity contribution in [2.45, 2.75) is 50.6 Å². The summed E-state index contributed by atoms with van der Waals surface area (Å²) in [5, 5.41) is 12.8. The summed E-state index contributed by atoms with van der Waals surface area (Å²) in [5.74, 6) is 1.29. The number of carboxylic acids is 1. The van der Waals surface area contributed by atoms with Crippen LogP contribution in [0.4, 0.5) is 0 Å². The first-order valence-electron chi connectivity index (χ1n) is 6.72. The Bertz CT molecular complexity index is 259. The molecule has 0 radical (unpaired) electrons. The molecule has 5 heteroatoms. The molecule has 1 unspecified atom stereocenters. The van der Waals surface area contributed by atoms with Gasteiger partial charge in [0.25, 0.3) is 0 Å². The lowest BCUT2D eigenvalue weighted by atomic mass is 9.90. The van der Waals surface area contributed by atoms with Crippen LogP contribution in [0.3, 0.4) is 0 Å². The second kappa shape index (κ2) is 8.02. The summed E-state index contributed by atoms with van der Waals surface area (Å²) in [6.45, 7) is 2.73. The van der Waals surface area contributed by atoms with Gasteiger partial charge in [-0.2, -0.15) is 11.8 Å². The van der Waals surface area contributed by atoms with Crippen LogP contribution in [0.2, 0.25) is 0 Å². The van der Waals surface area contributed by atoms with Crippen LogP contribution in [-0.4, -0.2) is 47.9 Å². The molecule has 1 aliphatic carbocycles. The molecule has 1 aliphatic rings. The van der Waals surface area contributed by atoms with E-state index in [0.29, 0.717) is 12.5 Å². The molecule has 1 rings (SSSR count). The number of aliphatic carboxylic acids is 1. The average Bonchev–Trinajstić information content (AvgIpc) is 3.15. The Morgan fingerprint density at radius 3 is 2.72 bits per heavy atom. The number of nitrogens with one attached hydrogen (secondary N) is 1. The van der Waals surface area contributed by atoms with Crippen LogP contribution in [-0.2, 0) is 9.53 Å². The van der Waals surface area contributed by atoms with E-state index in [0.717, 1.165) is 43.8 Å². The van der Waals surface area contributed by atoms with Crippen molar-refractivity contribution in [2.75, 3.05) is 25.2 Å². The van der Waals surface area contributed by atoms with Crippen LogP contribution in [0, 0.1) is 0 Å². The van der Waals surface area contributed by atoms with Crippen molar-refractivity contribution < 1.29 is 14.6 Å². The average molecular weight is 275 g/mol. The summed E-state index contributed by atoms with van der Waals surface area (Å²) in [5.41, 5.74) is -0.705. The lowest BCUT2D eigenvalue weighted by Crippen LogP contribution is -2.52. The van der Waals surface area contributed by atoms with Crippen molar-refractivity contribution in [1.82, 2.24) is 5.32 Å². The molecule has 4 nitrogen and oxygen atoms in total. The molecule has 0 aromatic rings. The van der Waals surface area contributed by atoms with Crippen molar-refractivity contribution in [3.8, 4) is 0 Å². The van der Waals surface area contributed by atoms with Gasteiger partial charge in [0.2, 0.25) is 0 Å². The van der Waals surface area contributed by atoms with Gasteiger partial charge in [0.15, 0.2) is 0 Å². The van der Waals surface area contributed by atoms with Gasteiger partial charge in [-0.1, -0.05) is 6.92 Å². The largest absolute Gasteiger partial charge is 0.480 e. The van der Waals surface area contributed by atoms with Gasteiger partial charge in [0.05, 0.1) is 6.61 Å². The Morgan fingerprint density at radius 2 is 2.22 bits per heavy atom. The van der Waals surface area contributed by atoms with Crippen LogP contribution in [0.1, 0.15) is 39.0 Å². The van der Waals surface area contributed by atoms with Gasteiger partial charge >= 0.3 is 5.97 Å². The number of hydrogen-bond acceptors (Lipinski definition) is 4. The summed E-state index contributed by atoms with van der Waals surface area (Å²) >= 11 is 1.83. The Balaban J connectivity index is 2.29. The van der Waals surface area contributed by atoms with E-state index in [-0.39, 0.29) is 0 Å². The normalized spacial score (nSPS) is 18.6. The van der Waals surface area contributed by atoms with Crippen LogP contribution in [0.5, 0.6) is 0 Å². The van der Waals surface area contributed by atoms with Gasteiger partial charge in [-0.25, -0.2) is 0 Å². The van der Waals surface area contributed by atoms with E-state index in [1.165, 1.54) is 0 Å². The number of ether oxygens (including phenoxy) is 1. The van der Waals surface area contributed by atoms with Crippen LogP contribution >= 0.6 is 11.8 Å². The van der Waals surface area contributed by atoms with Crippen molar-refractivity contribution in [3.63, 3.8) is 0 Å². The molecule has 0 heterocycles. The fourth-order valence-electron chi connectivity index (χ4n) is 2.01. The number of thioether (sulfide) groups is 1. The molecule has 0 spiro atoms. The summed E-state index contributed by atoms with van der Waals surface area (Å²) in [6, 6.07) is 0.433. The topological polar surface area (TPSA) is 58.6 Å². The molecule has 0 saturated heterocycles. The Labute approximate surface area is 114 Å². The van der Waals surface area contributed by atoms with Crippen molar-refractivity contribution in [1.29, 1.82) is 0 Å². The molecule has 0 aliphatic heterocycles. The third kappa shape index (κ3) is 5.16. The van der Waals surface area contributed by atoms with Crippen LogP contribution < -0.4 is 5.32 Å². The van der Waals surface area contributed by atoms with Crippen molar-refractivity contribution in [3.05, 3.63) is 0 Å². The fraction of sp³-hybridized carbons (Fsp3) is 0.923. The summed E-state index contributed by atoms with van der Waals surface area (Å²) in [7, 11) is 1.70. The maximum absolute atomic E-state index is 11.5. The highest BCUT2D eigenvalue weighted by Crippen LogP contribution is 2.27. The van der Waals surface area contributed by atoms with Gasteiger partial charge in [-0.05, 0) is 37.9 Å². The van der Waals surface area contributed by atoms with Gasteiger partial charge < -0.3 is 9.84 Å². The zero-order valence-electron chi connectivity index (χ0n) is 11.4. The number of hydrogen-bond donors (Lipinski definition) is 2. The second-order valence-electron chi connectivity index (χ2n) is 4.87. The van der Waals surface area contributed by atoms with E-state index in [2.05, 4.69) is 5.32 Å². The minimum atomic E-state index is -0.705. The summed E-state index contributed by atoms with van der Waals surface area (Å²) in [4.78, 5) is 11.5.